The van der Waals surface area contributed by atoms with Crippen LogP contribution >= 0.6 is 11.6 Å². The smallest absolute Gasteiger partial charge is 0.326 e. The van der Waals surface area contributed by atoms with Crippen LogP contribution in [-0.2, 0) is 22.4 Å². The van der Waals surface area contributed by atoms with Gasteiger partial charge < -0.3 is 20.5 Å². The molecule has 1 amide bonds. The maximum absolute atomic E-state index is 13.0. The van der Waals surface area contributed by atoms with E-state index in [-0.39, 0.29) is 18.1 Å². The number of benzene rings is 4. The zero-order valence-electron chi connectivity index (χ0n) is 23.1. The molecular weight excluding hydrogens is 552 g/mol. The fourth-order valence-corrected chi connectivity index (χ4v) is 4.66. The molecule has 216 valence electrons. The van der Waals surface area contributed by atoms with Crippen LogP contribution in [0.4, 0.5) is 5.69 Å². The maximum Gasteiger partial charge on any atom is 0.326 e. The molecule has 3 N–H and O–H groups in total. The number of hydrogen-bond acceptors (Lipinski definition) is 5. The molecule has 0 saturated heterocycles. The number of halogens is 1. The van der Waals surface area contributed by atoms with E-state index in [2.05, 4.69) is 10.6 Å². The Labute approximate surface area is 250 Å². The van der Waals surface area contributed by atoms with E-state index in [9.17, 15) is 19.5 Å². The first-order valence-corrected chi connectivity index (χ1v) is 14.2. The van der Waals surface area contributed by atoms with Crippen molar-refractivity contribution in [2.24, 2.45) is 0 Å². The minimum Gasteiger partial charge on any atom is -0.494 e. The Morgan fingerprint density at radius 2 is 1.52 bits per heavy atom. The van der Waals surface area contributed by atoms with Crippen molar-refractivity contribution in [3.05, 3.63) is 130 Å². The van der Waals surface area contributed by atoms with E-state index in [4.69, 9.17) is 16.3 Å². The second kappa shape index (κ2) is 15.4. The summed E-state index contributed by atoms with van der Waals surface area (Å²) in [6, 6.07) is 29.6. The maximum atomic E-state index is 13.0. The van der Waals surface area contributed by atoms with Crippen LogP contribution in [0.15, 0.2) is 103 Å². The van der Waals surface area contributed by atoms with Gasteiger partial charge in [0.15, 0.2) is 5.78 Å². The predicted molar refractivity (Wildman–Crippen MR) is 164 cm³/mol. The zero-order chi connectivity index (χ0) is 29.7. The van der Waals surface area contributed by atoms with Crippen molar-refractivity contribution in [1.29, 1.82) is 0 Å². The minimum atomic E-state index is -1.02. The molecule has 0 fully saturated rings. The Kier molecular flexibility index (Phi) is 11.1. The highest BCUT2D eigenvalue weighted by molar-refractivity contribution is 6.31. The fourth-order valence-electron chi connectivity index (χ4n) is 4.42. The molecule has 0 radical (unpaired) electrons. The van der Waals surface area contributed by atoms with Crippen LogP contribution in [0.25, 0.3) is 0 Å². The highest BCUT2D eigenvalue weighted by atomic mass is 35.5. The van der Waals surface area contributed by atoms with Crippen molar-refractivity contribution in [2.75, 3.05) is 18.5 Å². The Hall–Kier alpha value is -4.62. The van der Waals surface area contributed by atoms with Crippen molar-refractivity contribution in [3.63, 3.8) is 0 Å². The second-order valence-electron chi connectivity index (χ2n) is 9.77. The Balaban J connectivity index is 1.23. The number of aryl methyl sites for hydroxylation is 1. The van der Waals surface area contributed by atoms with Crippen molar-refractivity contribution in [3.8, 4) is 5.75 Å². The number of hydrogen-bond donors (Lipinski definition) is 3. The number of aliphatic carboxylic acids is 1. The van der Waals surface area contributed by atoms with Crippen molar-refractivity contribution < 1.29 is 24.2 Å². The number of carboxylic acids is 1. The number of ether oxygens (including phenoxy) is 1. The van der Waals surface area contributed by atoms with Crippen LogP contribution in [0.1, 0.15) is 39.9 Å². The summed E-state index contributed by atoms with van der Waals surface area (Å²) < 4.78 is 5.78. The van der Waals surface area contributed by atoms with Crippen LogP contribution in [0, 0.1) is 0 Å². The van der Waals surface area contributed by atoms with Crippen molar-refractivity contribution >= 4 is 34.9 Å². The molecule has 0 aliphatic carbocycles. The van der Waals surface area contributed by atoms with E-state index in [1.165, 1.54) is 0 Å². The summed E-state index contributed by atoms with van der Waals surface area (Å²) in [6.45, 7) is 0.926. The standard InChI is InChI=1S/C34H33ClN2O5/c35-29-13-6-4-9-25(29)17-20-32(38)36-21-8-22-42-27-18-15-24(16-19-27)23-31(34(40)41)37-30-14-7-5-12-28(30)33(39)26-10-2-1-3-11-26/h1-7,9-16,18-19,31,37H,8,17,20-23H2,(H,36,38)(H,40,41)/t31-/m0/s1. The van der Waals surface area contributed by atoms with Gasteiger partial charge >= 0.3 is 5.97 Å². The molecule has 4 rings (SSSR count). The Morgan fingerprint density at radius 3 is 2.26 bits per heavy atom. The first-order valence-electron chi connectivity index (χ1n) is 13.8. The molecule has 0 aliphatic rings. The molecular formula is C34H33ClN2O5. The predicted octanol–water partition coefficient (Wildman–Crippen LogP) is 6.20. The zero-order valence-corrected chi connectivity index (χ0v) is 23.8. The molecule has 0 aromatic heterocycles. The van der Waals surface area contributed by atoms with Gasteiger partial charge in [0.1, 0.15) is 11.8 Å². The first-order chi connectivity index (χ1) is 20.4. The van der Waals surface area contributed by atoms with Gasteiger partial charge in [-0.15, -0.1) is 0 Å². The summed E-state index contributed by atoms with van der Waals surface area (Å²) in [7, 11) is 0. The lowest BCUT2D eigenvalue weighted by molar-refractivity contribution is -0.137. The quantitative estimate of drug-likeness (QED) is 0.114. The van der Waals surface area contributed by atoms with E-state index < -0.39 is 12.0 Å². The summed E-state index contributed by atoms with van der Waals surface area (Å²) in [4.78, 5) is 37.2. The average molecular weight is 585 g/mol. The SMILES string of the molecule is O=C(CCc1ccccc1Cl)NCCCOc1ccc(C[C@H](Nc2ccccc2C(=O)c2ccccc2)C(=O)O)cc1. The summed E-state index contributed by atoms with van der Waals surface area (Å²) in [5.41, 5.74) is 3.17. The normalized spacial score (nSPS) is 11.4. The van der Waals surface area contributed by atoms with Gasteiger partial charge in [-0.3, -0.25) is 9.59 Å². The van der Waals surface area contributed by atoms with Gasteiger partial charge in [0.2, 0.25) is 5.91 Å². The van der Waals surface area contributed by atoms with E-state index >= 15 is 0 Å². The lowest BCUT2D eigenvalue weighted by Gasteiger charge is -2.18. The average Bonchev–Trinajstić information content (AvgIpc) is 3.01. The Morgan fingerprint density at radius 1 is 0.833 bits per heavy atom. The molecule has 0 unspecified atom stereocenters. The molecule has 0 aliphatic heterocycles. The molecule has 4 aromatic rings. The van der Waals surface area contributed by atoms with Gasteiger partial charge in [-0.2, -0.15) is 0 Å². The molecule has 0 spiro atoms. The van der Waals surface area contributed by atoms with E-state index in [0.717, 1.165) is 11.1 Å². The van der Waals surface area contributed by atoms with E-state index in [1.54, 1.807) is 60.7 Å². The third-order valence-corrected chi connectivity index (χ3v) is 7.06. The van der Waals surface area contributed by atoms with E-state index in [1.807, 2.05) is 42.5 Å². The number of carbonyl (C=O) groups excluding carboxylic acids is 2. The third kappa shape index (κ3) is 8.94. The van der Waals surface area contributed by atoms with E-state index in [0.29, 0.717) is 60.0 Å². The monoisotopic (exact) mass is 584 g/mol. The number of amides is 1. The summed E-state index contributed by atoms with van der Waals surface area (Å²) in [6.07, 6.45) is 1.81. The van der Waals surface area contributed by atoms with Gasteiger partial charge in [0.25, 0.3) is 0 Å². The molecule has 4 aromatic carbocycles. The number of carboxylic acid groups (broad SMARTS) is 1. The number of nitrogens with one attached hydrogen (secondary N) is 2. The lowest BCUT2D eigenvalue weighted by Crippen LogP contribution is -2.32. The topological polar surface area (TPSA) is 105 Å². The van der Waals surface area contributed by atoms with Crippen LogP contribution in [0.2, 0.25) is 5.02 Å². The van der Waals surface area contributed by atoms with Crippen molar-refractivity contribution in [1.82, 2.24) is 5.32 Å². The Bertz CT molecular complexity index is 1490. The van der Waals surface area contributed by atoms with Gasteiger partial charge in [-0.05, 0) is 54.3 Å². The first kappa shape index (κ1) is 30.3. The highest BCUT2D eigenvalue weighted by Gasteiger charge is 2.21. The van der Waals surface area contributed by atoms with Crippen molar-refractivity contribution in [2.45, 2.75) is 31.7 Å². The number of anilines is 1. The number of para-hydroxylation sites is 1. The molecule has 42 heavy (non-hydrogen) atoms. The van der Waals surface area contributed by atoms with Gasteiger partial charge in [-0.1, -0.05) is 84.4 Å². The molecule has 8 heteroatoms. The number of carbonyl (C=O) groups is 3. The van der Waals surface area contributed by atoms with Gasteiger partial charge in [0.05, 0.1) is 6.61 Å². The number of rotatable bonds is 15. The molecule has 1 atom stereocenters. The largest absolute Gasteiger partial charge is 0.494 e. The van der Waals surface area contributed by atoms with Gasteiger partial charge in [-0.25, -0.2) is 4.79 Å². The fraction of sp³-hybridized carbons (Fsp3) is 0.206. The van der Waals surface area contributed by atoms with Gasteiger partial charge in [0, 0.05) is 41.2 Å². The highest BCUT2D eigenvalue weighted by Crippen LogP contribution is 2.22. The van der Waals surface area contributed by atoms with Crippen LogP contribution in [0.3, 0.4) is 0 Å². The number of ketones is 1. The molecule has 0 heterocycles. The molecule has 0 bridgehead atoms. The summed E-state index contributed by atoms with van der Waals surface area (Å²) in [5, 5.41) is 16.5. The minimum absolute atomic E-state index is 0.0343. The lowest BCUT2D eigenvalue weighted by atomic mass is 10.00. The van der Waals surface area contributed by atoms with Crippen LogP contribution in [0.5, 0.6) is 5.75 Å². The summed E-state index contributed by atoms with van der Waals surface area (Å²) in [5.74, 6) is -0.581. The molecule has 7 nitrogen and oxygen atoms in total. The summed E-state index contributed by atoms with van der Waals surface area (Å²) >= 11 is 6.14. The third-order valence-electron chi connectivity index (χ3n) is 6.69. The van der Waals surface area contributed by atoms with Crippen LogP contribution < -0.4 is 15.4 Å². The van der Waals surface area contributed by atoms with Crippen LogP contribution in [-0.4, -0.2) is 42.0 Å². The molecule has 0 saturated carbocycles. The second-order valence-corrected chi connectivity index (χ2v) is 10.2.